The first kappa shape index (κ1) is 24.2. The average molecular weight is 450 g/mol. The van der Waals surface area contributed by atoms with E-state index in [1.165, 1.54) is 50.1 Å². The van der Waals surface area contributed by atoms with Crippen LogP contribution in [-0.2, 0) is 26.2 Å². The molecule has 31 heavy (non-hydrogen) atoms. The zero-order valence-electron chi connectivity index (χ0n) is 18.1. The number of nitrogens with zero attached hydrogens (tertiary/aromatic N) is 1. The molecule has 0 aliphatic rings. The molecule has 0 radical (unpaired) electrons. The van der Waals surface area contributed by atoms with Gasteiger partial charge in [0.1, 0.15) is 11.5 Å². The van der Waals surface area contributed by atoms with Gasteiger partial charge in [0.05, 0.1) is 25.2 Å². The minimum Gasteiger partial charge on any atom is -0.497 e. The quantitative estimate of drug-likeness (QED) is 0.605. The number of anilines is 1. The number of rotatable bonds is 9. The van der Waals surface area contributed by atoms with Gasteiger partial charge in [-0.25, -0.2) is 8.42 Å². The van der Waals surface area contributed by atoms with Gasteiger partial charge in [-0.2, -0.15) is 4.72 Å². The second-order valence-corrected chi connectivity index (χ2v) is 8.63. The summed E-state index contributed by atoms with van der Waals surface area (Å²) in [5, 5.41) is 2.56. The maximum atomic E-state index is 12.7. The molecule has 0 fully saturated rings. The van der Waals surface area contributed by atoms with Gasteiger partial charge in [0.2, 0.25) is 21.8 Å². The number of nitrogens with one attached hydrogen (secondary N) is 2. The first-order valence-corrected chi connectivity index (χ1v) is 10.9. The highest BCUT2D eigenvalue weighted by atomic mass is 32.2. The lowest BCUT2D eigenvalue weighted by molar-refractivity contribution is -0.131. The van der Waals surface area contributed by atoms with Gasteiger partial charge in [-0.1, -0.05) is 0 Å². The fourth-order valence-corrected chi connectivity index (χ4v) is 4.12. The molecule has 1 atom stereocenters. The number of likely N-dealkylation sites (N-methyl/N-ethyl adjacent to an activating group) is 1. The largest absolute Gasteiger partial charge is 0.497 e. The number of benzene rings is 2. The number of methoxy groups -OCH3 is 2. The van der Waals surface area contributed by atoms with Crippen LogP contribution in [0.2, 0.25) is 0 Å². The lowest BCUT2D eigenvalue weighted by Crippen LogP contribution is -2.45. The third kappa shape index (κ3) is 6.43. The van der Waals surface area contributed by atoms with E-state index in [2.05, 4.69) is 10.0 Å². The van der Waals surface area contributed by atoms with E-state index in [-0.39, 0.29) is 17.3 Å². The Labute approximate surface area is 182 Å². The molecule has 2 amide bonds. The highest BCUT2D eigenvalue weighted by Gasteiger charge is 2.25. The number of carbonyl (C=O) groups excluding carboxylic acids is 2. The summed E-state index contributed by atoms with van der Waals surface area (Å²) < 4.78 is 38.2. The van der Waals surface area contributed by atoms with Gasteiger partial charge in [-0.3, -0.25) is 9.59 Å². The van der Waals surface area contributed by atoms with Gasteiger partial charge in [0.25, 0.3) is 0 Å². The van der Waals surface area contributed by atoms with Crippen LogP contribution in [0.3, 0.4) is 0 Å². The van der Waals surface area contributed by atoms with Crippen LogP contribution in [-0.4, -0.2) is 52.4 Å². The summed E-state index contributed by atoms with van der Waals surface area (Å²) in [6, 6.07) is 9.93. The highest BCUT2D eigenvalue weighted by molar-refractivity contribution is 7.89. The highest BCUT2D eigenvalue weighted by Crippen LogP contribution is 2.25. The van der Waals surface area contributed by atoms with Crippen molar-refractivity contribution in [2.75, 3.05) is 26.6 Å². The molecule has 168 valence electrons. The van der Waals surface area contributed by atoms with Gasteiger partial charge < -0.3 is 19.7 Å². The van der Waals surface area contributed by atoms with Crippen molar-refractivity contribution >= 4 is 27.5 Å². The number of ether oxygens (including phenoxy) is 2. The van der Waals surface area contributed by atoms with E-state index in [0.29, 0.717) is 17.2 Å². The SMILES string of the molecule is COc1ccc(CN(C)C(=O)[C@H](C)NS(=O)(=O)c2ccc(NC(C)=O)cc2)c(OC)c1. The smallest absolute Gasteiger partial charge is 0.241 e. The van der Waals surface area contributed by atoms with Crippen molar-refractivity contribution in [3.63, 3.8) is 0 Å². The van der Waals surface area contributed by atoms with Crippen molar-refractivity contribution < 1.29 is 27.5 Å². The number of carbonyl (C=O) groups is 2. The zero-order chi connectivity index (χ0) is 23.2. The van der Waals surface area contributed by atoms with E-state index in [4.69, 9.17) is 9.47 Å². The van der Waals surface area contributed by atoms with E-state index >= 15 is 0 Å². The second-order valence-electron chi connectivity index (χ2n) is 6.92. The Kier molecular flexibility index (Phi) is 8.01. The molecule has 0 aliphatic carbocycles. The number of sulfonamides is 1. The van der Waals surface area contributed by atoms with Gasteiger partial charge >= 0.3 is 0 Å². The molecule has 0 saturated heterocycles. The minimum atomic E-state index is -3.93. The Hall–Kier alpha value is -3.11. The molecule has 0 aromatic heterocycles. The van der Waals surface area contributed by atoms with Crippen LogP contribution < -0.4 is 19.5 Å². The van der Waals surface area contributed by atoms with Gasteiger partial charge in [-0.05, 0) is 43.3 Å². The van der Waals surface area contributed by atoms with Crippen LogP contribution >= 0.6 is 0 Å². The summed E-state index contributed by atoms with van der Waals surface area (Å²) in [7, 11) is 0.722. The van der Waals surface area contributed by atoms with E-state index in [9.17, 15) is 18.0 Å². The van der Waals surface area contributed by atoms with Crippen molar-refractivity contribution in [2.45, 2.75) is 31.3 Å². The summed E-state index contributed by atoms with van der Waals surface area (Å²) >= 11 is 0. The average Bonchev–Trinajstić information content (AvgIpc) is 2.72. The molecule has 0 spiro atoms. The third-order valence-electron chi connectivity index (χ3n) is 4.47. The summed E-state index contributed by atoms with van der Waals surface area (Å²) in [5.41, 5.74) is 1.23. The molecule has 0 heterocycles. The molecular weight excluding hydrogens is 422 g/mol. The lowest BCUT2D eigenvalue weighted by atomic mass is 10.1. The molecule has 0 saturated carbocycles. The molecule has 2 N–H and O–H groups in total. The Morgan fingerprint density at radius 3 is 2.26 bits per heavy atom. The molecule has 0 aliphatic heterocycles. The predicted molar refractivity (Wildman–Crippen MR) is 117 cm³/mol. The van der Waals surface area contributed by atoms with Crippen LogP contribution in [0.5, 0.6) is 11.5 Å². The Morgan fingerprint density at radius 1 is 1.06 bits per heavy atom. The first-order valence-electron chi connectivity index (χ1n) is 9.43. The maximum Gasteiger partial charge on any atom is 0.241 e. The lowest BCUT2D eigenvalue weighted by Gasteiger charge is -2.23. The molecule has 10 heteroatoms. The monoisotopic (exact) mass is 449 g/mol. The van der Waals surface area contributed by atoms with E-state index in [1.807, 2.05) is 0 Å². The number of amides is 2. The normalized spacial score (nSPS) is 12.0. The van der Waals surface area contributed by atoms with Crippen LogP contribution in [0.1, 0.15) is 19.4 Å². The van der Waals surface area contributed by atoms with Gasteiger partial charge in [-0.15, -0.1) is 0 Å². The third-order valence-corrected chi connectivity index (χ3v) is 6.02. The van der Waals surface area contributed by atoms with E-state index < -0.39 is 22.0 Å². The van der Waals surface area contributed by atoms with Crippen LogP contribution in [0.15, 0.2) is 47.4 Å². The molecular formula is C21H27N3O6S. The van der Waals surface area contributed by atoms with Crippen molar-refractivity contribution in [1.82, 2.24) is 9.62 Å². The maximum absolute atomic E-state index is 12.7. The number of hydrogen-bond acceptors (Lipinski definition) is 6. The Bertz CT molecular complexity index is 1040. The van der Waals surface area contributed by atoms with E-state index in [1.54, 1.807) is 32.4 Å². The van der Waals surface area contributed by atoms with E-state index in [0.717, 1.165) is 5.56 Å². The van der Waals surface area contributed by atoms with Crippen molar-refractivity contribution in [1.29, 1.82) is 0 Å². The predicted octanol–water partition coefficient (Wildman–Crippen LogP) is 1.99. The van der Waals surface area contributed by atoms with Crippen LogP contribution in [0, 0.1) is 0 Å². The zero-order valence-corrected chi connectivity index (χ0v) is 18.9. The minimum absolute atomic E-state index is 0.0132. The molecule has 9 nitrogen and oxygen atoms in total. The van der Waals surface area contributed by atoms with Crippen LogP contribution in [0.4, 0.5) is 5.69 Å². The Balaban J connectivity index is 2.07. The van der Waals surface area contributed by atoms with Crippen molar-refractivity contribution in [2.24, 2.45) is 0 Å². The summed E-state index contributed by atoms with van der Waals surface area (Å²) in [4.78, 5) is 25.2. The van der Waals surface area contributed by atoms with Gasteiger partial charge in [0, 0.05) is 37.8 Å². The van der Waals surface area contributed by atoms with Gasteiger partial charge in [0.15, 0.2) is 0 Å². The molecule has 2 aromatic carbocycles. The first-order chi connectivity index (χ1) is 14.6. The molecule has 2 rings (SSSR count). The fourth-order valence-electron chi connectivity index (χ4n) is 2.92. The van der Waals surface area contributed by atoms with Crippen LogP contribution in [0.25, 0.3) is 0 Å². The molecule has 2 aromatic rings. The Morgan fingerprint density at radius 2 is 1.71 bits per heavy atom. The molecule has 0 unspecified atom stereocenters. The fraction of sp³-hybridized carbons (Fsp3) is 0.333. The number of hydrogen-bond donors (Lipinski definition) is 2. The second kappa shape index (κ2) is 10.3. The topological polar surface area (TPSA) is 114 Å². The van der Waals surface area contributed by atoms with Crippen molar-refractivity contribution in [3.05, 3.63) is 48.0 Å². The summed E-state index contributed by atoms with van der Waals surface area (Å²) in [6.45, 7) is 3.06. The standard InChI is InChI=1S/C21H27N3O6S/c1-14(23-31(27,28)19-10-7-17(8-11-19)22-15(2)25)21(26)24(3)13-16-6-9-18(29-4)12-20(16)30-5/h6-12,14,23H,13H2,1-5H3,(H,22,25)/t14-/m0/s1. The summed E-state index contributed by atoms with van der Waals surface area (Å²) in [6.07, 6.45) is 0. The van der Waals surface area contributed by atoms with Crippen molar-refractivity contribution in [3.8, 4) is 11.5 Å². The molecule has 0 bridgehead atoms. The summed E-state index contributed by atoms with van der Waals surface area (Å²) in [5.74, 6) is 0.521.